The molecule has 2 heterocycles. The second-order valence-electron chi connectivity index (χ2n) is 5.36. The Balaban J connectivity index is 2.00. The van der Waals surface area contributed by atoms with Crippen LogP contribution in [-0.2, 0) is 17.9 Å². The molecule has 0 saturated carbocycles. The van der Waals surface area contributed by atoms with Crippen LogP contribution in [0.25, 0.3) is 5.65 Å². The summed E-state index contributed by atoms with van der Waals surface area (Å²) < 4.78 is 6.31. The van der Waals surface area contributed by atoms with Crippen molar-refractivity contribution < 1.29 is 9.66 Å². The molecular weight excluding hydrogens is 324 g/mol. The van der Waals surface area contributed by atoms with E-state index in [0.717, 1.165) is 15.5 Å². The third kappa shape index (κ3) is 3.33. The van der Waals surface area contributed by atoms with Gasteiger partial charge in [-0.1, -0.05) is 30.3 Å². The fourth-order valence-corrected chi connectivity index (χ4v) is 2.57. The van der Waals surface area contributed by atoms with Crippen molar-refractivity contribution in [2.75, 3.05) is 12.4 Å². The van der Waals surface area contributed by atoms with Crippen LogP contribution in [0.1, 0.15) is 11.1 Å². The van der Waals surface area contributed by atoms with Gasteiger partial charge in [-0.15, -0.1) is 0 Å². The van der Waals surface area contributed by atoms with Crippen LogP contribution in [-0.4, -0.2) is 21.4 Å². The largest absolute Gasteiger partial charge is 0.380 e. The lowest BCUT2D eigenvalue weighted by Crippen LogP contribution is -2.21. The molecule has 0 atom stereocenters. The molecule has 0 amide bonds. The van der Waals surface area contributed by atoms with Crippen molar-refractivity contribution in [2.45, 2.75) is 13.2 Å². The fraction of sp³-hybridized carbons (Fsp3) is 0.176. The van der Waals surface area contributed by atoms with Gasteiger partial charge in [0.15, 0.2) is 0 Å². The van der Waals surface area contributed by atoms with E-state index in [1.54, 1.807) is 25.3 Å². The molecular formula is C17H16N4O4. The highest BCUT2D eigenvalue weighted by Crippen LogP contribution is 2.20. The van der Waals surface area contributed by atoms with Crippen molar-refractivity contribution in [3.05, 3.63) is 80.3 Å². The predicted octanol–water partition coefficient (Wildman–Crippen LogP) is 2.36. The monoisotopic (exact) mass is 340 g/mol. The van der Waals surface area contributed by atoms with Crippen LogP contribution in [0, 0.1) is 10.1 Å². The van der Waals surface area contributed by atoms with E-state index in [1.165, 1.54) is 6.20 Å². The summed E-state index contributed by atoms with van der Waals surface area (Å²) in [6, 6.07) is 12.5. The predicted molar refractivity (Wildman–Crippen MR) is 92.6 cm³/mol. The highest BCUT2D eigenvalue weighted by molar-refractivity contribution is 5.60. The number of hydrogen-bond donors (Lipinski definition) is 1. The Labute approximate surface area is 142 Å². The van der Waals surface area contributed by atoms with Gasteiger partial charge in [0.05, 0.1) is 11.5 Å². The molecule has 0 aliphatic carbocycles. The molecule has 0 aliphatic heterocycles. The molecule has 128 valence electrons. The van der Waals surface area contributed by atoms with Crippen LogP contribution in [0.15, 0.2) is 53.5 Å². The van der Waals surface area contributed by atoms with Crippen molar-refractivity contribution >= 4 is 17.2 Å². The van der Waals surface area contributed by atoms with Gasteiger partial charge in [-0.25, -0.2) is 4.98 Å². The molecule has 25 heavy (non-hydrogen) atoms. The Morgan fingerprint density at radius 3 is 2.64 bits per heavy atom. The Morgan fingerprint density at radius 2 is 1.92 bits per heavy atom. The van der Waals surface area contributed by atoms with Gasteiger partial charge in [-0.05, 0) is 23.3 Å². The number of nitrogens with zero attached hydrogens (tertiary/aromatic N) is 3. The first-order valence-corrected chi connectivity index (χ1v) is 7.57. The van der Waals surface area contributed by atoms with Gasteiger partial charge in [0.1, 0.15) is 5.65 Å². The lowest BCUT2D eigenvalue weighted by Gasteiger charge is -2.11. The molecule has 3 aromatic rings. The maximum atomic E-state index is 12.4. The molecule has 8 heteroatoms. The average molecular weight is 340 g/mol. The van der Waals surface area contributed by atoms with Crippen molar-refractivity contribution in [3.63, 3.8) is 0 Å². The number of methoxy groups -OCH3 is 1. The first-order valence-electron chi connectivity index (χ1n) is 7.57. The molecule has 0 aliphatic rings. The van der Waals surface area contributed by atoms with E-state index >= 15 is 0 Å². The summed E-state index contributed by atoms with van der Waals surface area (Å²) in [5, 5.41) is 14.3. The number of benzene rings is 1. The van der Waals surface area contributed by atoms with Gasteiger partial charge in [0, 0.05) is 19.9 Å². The van der Waals surface area contributed by atoms with Gasteiger partial charge < -0.3 is 10.1 Å². The maximum Gasteiger partial charge on any atom is 0.376 e. The van der Waals surface area contributed by atoms with Gasteiger partial charge in [-0.2, -0.15) is 0 Å². The number of ether oxygens (including phenoxy) is 1. The van der Waals surface area contributed by atoms with Gasteiger partial charge in [0.2, 0.25) is 5.82 Å². The van der Waals surface area contributed by atoms with Crippen LogP contribution in [0.2, 0.25) is 0 Å². The van der Waals surface area contributed by atoms with Crippen molar-refractivity contribution in [2.24, 2.45) is 0 Å². The summed E-state index contributed by atoms with van der Waals surface area (Å²) in [7, 11) is 1.60. The number of rotatable bonds is 6. The SMILES string of the molecule is COCc1ccccc1CNc1nc2ccccn2c(=O)c1[N+](=O)[O-]. The second-order valence-corrected chi connectivity index (χ2v) is 5.36. The maximum absolute atomic E-state index is 12.4. The fourth-order valence-electron chi connectivity index (χ4n) is 2.57. The zero-order chi connectivity index (χ0) is 17.8. The molecule has 0 saturated heterocycles. The summed E-state index contributed by atoms with van der Waals surface area (Å²) in [4.78, 5) is 27.3. The highest BCUT2D eigenvalue weighted by Gasteiger charge is 2.23. The van der Waals surface area contributed by atoms with E-state index in [-0.39, 0.29) is 12.4 Å². The molecule has 8 nitrogen and oxygen atoms in total. The van der Waals surface area contributed by atoms with E-state index in [9.17, 15) is 14.9 Å². The van der Waals surface area contributed by atoms with E-state index in [1.807, 2.05) is 24.3 Å². The summed E-state index contributed by atoms with van der Waals surface area (Å²) in [5.41, 5.74) is 0.911. The number of fused-ring (bicyclic) bond motifs is 1. The van der Waals surface area contributed by atoms with Crippen LogP contribution >= 0.6 is 0 Å². The van der Waals surface area contributed by atoms with Crippen molar-refractivity contribution in [1.82, 2.24) is 9.38 Å². The van der Waals surface area contributed by atoms with Crippen LogP contribution < -0.4 is 10.9 Å². The molecule has 0 spiro atoms. The molecule has 0 fully saturated rings. The first kappa shape index (κ1) is 16.6. The Morgan fingerprint density at radius 1 is 1.20 bits per heavy atom. The minimum atomic E-state index is -0.719. The van der Waals surface area contributed by atoms with Crippen molar-refractivity contribution in [1.29, 1.82) is 0 Å². The number of nitro groups is 1. The normalized spacial score (nSPS) is 10.8. The third-order valence-corrected chi connectivity index (χ3v) is 3.76. The quantitative estimate of drug-likeness (QED) is 0.546. The highest BCUT2D eigenvalue weighted by atomic mass is 16.6. The number of pyridine rings is 1. The molecule has 0 unspecified atom stereocenters. The Hall–Kier alpha value is -3.26. The van der Waals surface area contributed by atoms with Gasteiger partial charge in [0.25, 0.3) is 0 Å². The van der Waals surface area contributed by atoms with Crippen molar-refractivity contribution in [3.8, 4) is 0 Å². The van der Waals surface area contributed by atoms with E-state index in [4.69, 9.17) is 4.74 Å². The first-order chi connectivity index (χ1) is 12.1. The van der Waals surface area contributed by atoms with E-state index in [0.29, 0.717) is 12.3 Å². The topological polar surface area (TPSA) is 98.8 Å². The summed E-state index contributed by atoms with van der Waals surface area (Å²) >= 11 is 0. The molecule has 1 N–H and O–H groups in total. The van der Waals surface area contributed by atoms with E-state index in [2.05, 4.69) is 10.3 Å². The Bertz CT molecular complexity index is 984. The summed E-state index contributed by atoms with van der Waals surface area (Å²) in [6.45, 7) is 0.712. The number of hydrogen-bond acceptors (Lipinski definition) is 6. The standard InChI is InChI=1S/C17H16N4O4/c1-25-11-13-7-3-2-6-12(13)10-18-16-15(21(23)24)17(22)20-9-5-4-8-14(20)19-16/h2-9,18H,10-11H2,1H3. The van der Waals surface area contributed by atoms with Crippen LogP contribution in [0.4, 0.5) is 11.5 Å². The summed E-state index contributed by atoms with van der Waals surface area (Å²) in [6.07, 6.45) is 1.45. The third-order valence-electron chi connectivity index (χ3n) is 3.76. The number of aromatic nitrogens is 2. The van der Waals surface area contributed by atoms with Gasteiger partial charge in [-0.3, -0.25) is 19.3 Å². The molecule has 0 bridgehead atoms. The second kappa shape index (κ2) is 7.10. The average Bonchev–Trinajstić information content (AvgIpc) is 2.61. The number of anilines is 1. The molecule has 0 radical (unpaired) electrons. The summed E-state index contributed by atoms with van der Waals surface area (Å²) in [5.74, 6) is -0.0478. The molecule has 3 rings (SSSR count). The van der Waals surface area contributed by atoms with E-state index < -0.39 is 16.2 Å². The zero-order valence-corrected chi connectivity index (χ0v) is 13.5. The lowest BCUT2D eigenvalue weighted by molar-refractivity contribution is -0.385. The lowest BCUT2D eigenvalue weighted by atomic mass is 10.1. The van der Waals surface area contributed by atoms with Gasteiger partial charge >= 0.3 is 11.2 Å². The molecule has 1 aromatic carbocycles. The molecule has 2 aromatic heterocycles. The van der Waals surface area contributed by atoms with Crippen LogP contribution in [0.5, 0.6) is 0 Å². The smallest absolute Gasteiger partial charge is 0.376 e. The Kier molecular flexibility index (Phi) is 4.71. The minimum absolute atomic E-state index is 0.0478. The number of nitrogens with one attached hydrogen (secondary N) is 1. The minimum Gasteiger partial charge on any atom is -0.380 e. The zero-order valence-electron chi connectivity index (χ0n) is 13.5. The van der Waals surface area contributed by atoms with Crippen LogP contribution in [0.3, 0.4) is 0 Å².